The summed E-state index contributed by atoms with van der Waals surface area (Å²) in [5, 5.41) is 33.2. The van der Waals surface area contributed by atoms with Crippen LogP contribution in [0.2, 0.25) is 0 Å². The molecule has 15 nitrogen and oxygen atoms in total. The smallest absolute Gasteiger partial charge is 0.368 e. The number of aryl methyl sites for hydroxylation is 2. The van der Waals surface area contributed by atoms with E-state index in [1.54, 1.807) is 54.7 Å². The number of tetrazole rings is 2. The normalized spacial score (nSPS) is 17.3. The Morgan fingerprint density at radius 3 is 2.67 bits per heavy atom. The molecule has 0 amide bonds. The lowest BCUT2D eigenvalue weighted by molar-refractivity contribution is 0.146. The van der Waals surface area contributed by atoms with Crippen LogP contribution in [0.3, 0.4) is 0 Å². The van der Waals surface area contributed by atoms with Crippen LogP contribution in [0.25, 0.3) is 11.3 Å². The summed E-state index contributed by atoms with van der Waals surface area (Å²) < 4.78 is 39.4. The van der Waals surface area contributed by atoms with Crippen molar-refractivity contribution in [3.05, 3.63) is 82.4 Å². The molecule has 0 radical (unpaired) electrons. The number of rotatable bonds is 13. The molecule has 1 aliphatic heterocycles. The van der Waals surface area contributed by atoms with E-state index >= 15 is 0 Å². The lowest BCUT2D eigenvalue weighted by Crippen LogP contribution is -2.36. The fraction of sp³-hybridized carbons (Fsp3) is 0.438. The van der Waals surface area contributed by atoms with Crippen LogP contribution in [-0.2, 0) is 23.0 Å². The number of aromatic nitrogens is 8. The zero-order chi connectivity index (χ0) is 33.1. The third kappa shape index (κ3) is 7.10. The second-order valence-electron chi connectivity index (χ2n) is 12.5. The monoisotopic (exact) mass is 674 g/mol. The number of nitrogens with zero attached hydrogens (tertiary/aromatic N) is 8. The molecular formula is C32H38N10O5S. The molecule has 4 heterocycles. The van der Waals surface area contributed by atoms with Crippen LogP contribution in [0.15, 0.2) is 70.5 Å². The molecule has 1 saturated carbocycles. The summed E-state index contributed by atoms with van der Waals surface area (Å²) >= 11 is 0. The van der Waals surface area contributed by atoms with Gasteiger partial charge in [0.1, 0.15) is 11.9 Å². The molecular weight excluding hydrogens is 636 g/mol. The summed E-state index contributed by atoms with van der Waals surface area (Å²) in [7, 11) is -3.88. The molecule has 1 fully saturated rings. The van der Waals surface area contributed by atoms with Gasteiger partial charge in [0.15, 0.2) is 5.65 Å². The van der Waals surface area contributed by atoms with Gasteiger partial charge in [-0.15, -0.1) is 5.10 Å². The zero-order valence-corrected chi connectivity index (χ0v) is 27.2. The first-order valence-electron chi connectivity index (χ1n) is 16.3. The summed E-state index contributed by atoms with van der Waals surface area (Å²) in [4.78, 5) is 13.0. The molecule has 7 rings (SSSR count). The largest absolute Gasteiger partial charge is 0.489 e. The molecule has 1 unspecified atom stereocenters. The Labute approximate surface area is 277 Å². The highest BCUT2D eigenvalue weighted by Gasteiger charge is 2.24. The molecule has 3 aromatic heterocycles. The highest BCUT2D eigenvalue weighted by atomic mass is 32.2. The van der Waals surface area contributed by atoms with Gasteiger partial charge in [-0.25, -0.2) is 17.7 Å². The van der Waals surface area contributed by atoms with Crippen LogP contribution >= 0.6 is 0 Å². The topological polar surface area (TPSA) is 183 Å². The van der Waals surface area contributed by atoms with Gasteiger partial charge < -0.3 is 15.2 Å². The molecule has 0 bridgehead atoms. The fourth-order valence-electron chi connectivity index (χ4n) is 6.48. The summed E-state index contributed by atoms with van der Waals surface area (Å²) in [6, 6.07) is 14.8. The number of aliphatic hydroxyl groups excluding tert-OH is 1. The number of anilines is 1. The van der Waals surface area contributed by atoms with E-state index in [4.69, 9.17) is 4.74 Å². The minimum Gasteiger partial charge on any atom is -0.489 e. The Kier molecular flexibility index (Phi) is 9.19. The molecule has 2 aromatic carbocycles. The van der Waals surface area contributed by atoms with Crippen molar-refractivity contribution >= 4 is 21.4 Å². The van der Waals surface area contributed by atoms with Gasteiger partial charge >= 0.3 is 5.69 Å². The van der Waals surface area contributed by atoms with E-state index in [2.05, 4.69) is 36.0 Å². The maximum atomic E-state index is 13.3. The maximum Gasteiger partial charge on any atom is 0.368 e. The van der Waals surface area contributed by atoms with Gasteiger partial charge in [0.2, 0.25) is 0 Å². The van der Waals surface area contributed by atoms with Crippen LogP contribution in [0.1, 0.15) is 62.2 Å². The van der Waals surface area contributed by atoms with Crippen molar-refractivity contribution in [3.8, 4) is 11.4 Å². The number of aliphatic hydroxyl groups is 1. The second kappa shape index (κ2) is 13.8. The molecule has 1 aliphatic carbocycles. The van der Waals surface area contributed by atoms with Gasteiger partial charge in [-0.1, -0.05) is 31.7 Å². The summed E-state index contributed by atoms with van der Waals surface area (Å²) in [5.74, 6) is 1.39. The zero-order valence-electron chi connectivity index (χ0n) is 26.3. The van der Waals surface area contributed by atoms with Crippen molar-refractivity contribution in [2.45, 2.75) is 75.0 Å². The van der Waals surface area contributed by atoms with Crippen molar-refractivity contribution in [1.29, 1.82) is 0 Å². The molecule has 2 atom stereocenters. The number of hydrogen-bond acceptors (Lipinski definition) is 11. The minimum atomic E-state index is -3.88. The Morgan fingerprint density at radius 2 is 1.83 bits per heavy atom. The molecule has 0 spiro atoms. The van der Waals surface area contributed by atoms with E-state index in [-0.39, 0.29) is 16.7 Å². The standard InChI is InChI=1S/C32H38N10O5S/c43-29(24-8-16-31-34-36-37-41(31)21-24)20-33-19-27-13-7-23-18-28(14-15-30(23)47-27)48(45,46)35-25-9-11-26(12-10-25)42-32(44)40(38-39-42)17-3-6-22-4-1-2-5-22/h8-12,14-16,18,21-22,27,29,33,35,43H,1-7,13,17,19-20H2/t27?,29-/m0/s1. The minimum absolute atomic E-state index is 0.128. The van der Waals surface area contributed by atoms with Crippen molar-refractivity contribution < 1.29 is 18.3 Å². The molecule has 2 aliphatic rings. The van der Waals surface area contributed by atoms with Crippen molar-refractivity contribution in [3.63, 3.8) is 0 Å². The molecule has 252 valence electrons. The first kappa shape index (κ1) is 31.9. The van der Waals surface area contributed by atoms with Gasteiger partial charge in [0.05, 0.1) is 16.7 Å². The predicted molar refractivity (Wildman–Crippen MR) is 175 cm³/mol. The molecule has 5 aromatic rings. The van der Waals surface area contributed by atoms with Crippen LogP contribution in [0.4, 0.5) is 5.69 Å². The number of ether oxygens (including phenoxy) is 1. The lowest BCUT2D eigenvalue weighted by Gasteiger charge is -2.27. The Morgan fingerprint density at radius 1 is 1.00 bits per heavy atom. The molecule has 16 heteroatoms. The summed E-state index contributed by atoms with van der Waals surface area (Å²) in [6.45, 7) is 1.37. The van der Waals surface area contributed by atoms with Gasteiger partial charge in [0.25, 0.3) is 10.0 Å². The number of hydrogen-bond donors (Lipinski definition) is 3. The third-order valence-corrected chi connectivity index (χ3v) is 10.5. The average molecular weight is 675 g/mol. The Balaban J connectivity index is 0.913. The van der Waals surface area contributed by atoms with Gasteiger partial charge in [-0.05, 0) is 107 Å². The van der Waals surface area contributed by atoms with E-state index in [1.807, 2.05) is 0 Å². The van der Waals surface area contributed by atoms with Crippen LogP contribution in [0, 0.1) is 5.92 Å². The SMILES string of the molecule is O=c1n(CCCC2CCCC2)nnn1-c1ccc(NS(=O)(=O)c2ccc3c(c2)CCC(CNC[C@H](O)c2ccc4nnnn4c2)O3)cc1. The second-order valence-corrected chi connectivity index (χ2v) is 14.2. The van der Waals surface area contributed by atoms with E-state index in [0.717, 1.165) is 24.3 Å². The third-order valence-electron chi connectivity index (χ3n) is 9.14. The average Bonchev–Trinajstić information content (AvgIpc) is 3.87. The number of fused-ring (bicyclic) bond motifs is 2. The van der Waals surface area contributed by atoms with Gasteiger partial charge in [-0.2, -0.15) is 9.36 Å². The fourth-order valence-corrected chi connectivity index (χ4v) is 7.58. The van der Waals surface area contributed by atoms with Crippen LogP contribution in [0.5, 0.6) is 5.75 Å². The van der Waals surface area contributed by atoms with Gasteiger partial charge in [-0.3, -0.25) is 4.72 Å². The van der Waals surface area contributed by atoms with E-state index in [0.29, 0.717) is 60.8 Å². The van der Waals surface area contributed by atoms with Crippen molar-refractivity contribution in [2.75, 3.05) is 17.8 Å². The lowest BCUT2D eigenvalue weighted by atomic mass is 10.0. The summed E-state index contributed by atoms with van der Waals surface area (Å²) in [5.41, 5.74) is 2.64. The van der Waals surface area contributed by atoms with E-state index in [9.17, 15) is 18.3 Å². The van der Waals surface area contributed by atoms with Gasteiger partial charge in [0, 0.05) is 37.1 Å². The Hall–Kier alpha value is -4.67. The summed E-state index contributed by atoms with van der Waals surface area (Å²) in [6.07, 6.45) is 9.29. The first-order chi connectivity index (χ1) is 23.3. The van der Waals surface area contributed by atoms with Crippen LogP contribution in [-0.4, -0.2) is 72.5 Å². The predicted octanol–water partition coefficient (Wildman–Crippen LogP) is 2.65. The number of benzene rings is 2. The highest BCUT2D eigenvalue weighted by molar-refractivity contribution is 7.92. The molecule has 0 saturated heterocycles. The van der Waals surface area contributed by atoms with E-state index in [1.165, 1.54) is 45.6 Å². The number of pyridine rings is 1. The highest BCUT2D eigenvalue weighted by Crippen LogP contribution is 2.31. The number of sulfonamides is 1. The van der Waals surface area contributed by atoms with E-state index < -0.39 is 16.1 Å². The quantitative estimate of drug-likeness (QED) is 0.167. The maximum absolute atomic E-state index is 13.3. The molecule has 48 heavy (non-hydrogen) atoms. The molecule has 3 N–H and O–H groups in total. The van der Waals surface area contributed by atoms with Crippen molar-refractivity contribution in [2.24, 2.45) is 5.92 Å². The number of nitrogens with one attached hydrogen (secondary N) is 2. The van der Waals surface area contributed by atoms with Crippen molar-refractivity contribution in [1.82, 2.24) is 45.1 Å². The Bertz CT molecular complexity index is 2040. The van der Waals surface area contributed by atoms with Crippen LogP contribution < -0.4 is 20.5 Å². The first-order valence-corrected chi connectivity index (χ1v) is 17.8.